The third-order valence-corrected chi connectivity index (χ3v) is 2.98. The van der Waals surface area contributed by atoms with E-state index in [-0.39, 0.29) is 0 Å². The monoisotopic (exact) mass is 257 g/mol. The van der Waals surface area contributed by atoms with Gasteiger partial charge in [0.25, 0.3) is 0 Å². The van der Waals surface area contributed by atoms with Crippen molar-refractivity contribution in [1.82, 2.24) is 9.88 Å². The maximum Gasteiger partial charge on any atom is 0.123 e. The van der Waals surface area contributed by atoms with Crippen LogP contribution in [0.2, 0.25) is 0 Å². The summed E-state index contributed by atoms with van der Waals surface area (Å²) in [4.78, 5) is 6.47. The van der Waals surface area contributed by atoms with Crippen LogP contribution in [0.5, 0.6) is 5.75 Å². The molecule has 0 fully saturated rings. The molecule has 0 spiro atoms. The Morgan fingerprint density at radius 1 is 1.16 bits per heavy atom. The van der Waals surface area contributed by atoms with E-state index in [4.69, 9.17) is 10.5 Å². The van der Waals surface area contributed by atoms with Crippen LogP contribution in [0.3, 0.4) is 0 Å². The lowest BCUT2D eigenvalue weighted by atomic mass is 10.2. The molecule has 19 heavy (non-hydrogen) atoms. The molecule has 0 aliphatic carbocycles. The first-order chi connectivity index (χ1) is 9.20. The van der Waals surface area contributed by atoms with Gasteiger partial charge in [-0.05, 0) is 25.2 Å². The van der Waals surface area contributed by atoms with E-state index < -0.39 is 0 Å². The lowest BCUT2D eigenvalue weighted by molar-refractivity contribution is 0.307. The largest absolute Gasteiger partial charge is 0.496 e. The van der Waals surface area contributed by atoms with Crippen LogP contribution in [0, 0.1) is 0 Å². The molecule has 0 radical (unpaired) electrons. The summed E-state index contributed by atoms with van der Waals surface area (Å²) in [5.41, 5.74) is 8.69. The molecule has 0 saturated carbocycles. The fraction of sp³-hybridized carbons (Fsp3) is 0.267. The molecule has 0 saturated heterocycles. The van der Waals surface area contributed by atoms with E-state index in [2.05, 4.69) is 16.0 Å². The Morgan fingerprint density at radius 3 is 2.68 bits per heavy atom. The first kappa shape index (κ1) is 13.4. The van der Waals surface area contributed by atoms with Crippen LogP contribution in [-0.4, -0.2) is 24.0 Å². The molecule has 0 bridgehead atoms. The summed E-state index contributed by atoms with van der Waals surface area (Å²) < 4.78 is 5.35. The van der Waals surface area contributed by atoms with E-state index >= 15 is 0 Å². The number of aromatic nitrogens is 1. The van der Waals surface area contributed by atoms with Crippen molar-refractivity contribution in [3.8, 4) is 5.75 Å². The molecule has 0 atom stereocenters. The first-order valence-electron chi connectivity index (χ1n) is 6.20. The molecule has 100 valence electrons. The van der Waals surface area contributed by atoms with Crippen LogP contribution in [0.25, 0.3) is 0 Å². The van der Waals surface area contributed by atoms with E-state index in [9.17, 15) is 0 Å². The molecule has 4 heteroatoms. The number of ether oxygens (including phenoxy) is 1. The number of para-hydroxylation sites is 1. The minimum absolute atomic E-state index is 0.713. The van der Waals surface area contributed by atoms with Crippen molar-refractivity contribution in [1.29, 1.82) is 0 Å². The van der Waals surface area contributed by atoms with Gasteiger partial charge in [-0.2, -0.15) is 0 Å². The predicted octanol–water partition coefficient (Wildman–Crippen LogP) is 2.30. The fourth-order valence-electron chi connectivity index (χ4n) is 2.02. The van der Waals surface area contributed by atoms with Crippen molar-refractivity contribution in [3.63, 3.8) is 0 Å². The zero-order chi connectivity index (χ0) is 13.7. The molecule has 4 nitrogen and oxygen atoms in total. The zero-order valence-electron chi connectivity index (χ0n) is 11.3. The molecule has 0 aliphatic heterocycles. The van der Waals surface area contributed by atoms with E-state index in [1.54, 1.807) is 13.3 Å². The molecule has 2 aromatic rings. The van der Waals surface area contributed by atoms with Gasteiger partial charge >= 0.3 is 0 Å². The van der Waals surface area contributed by atoms with Crippen molar-refractivity contribution in [2.75, 3.05) is 19.9 Å². The number of rotatable bonds is 5. The minimum Gasteiger partial charge on any atom is -0.496 e. The number of hydrogen-bond donors (Lipinski definition) is 1. The molecular weight excluding hydrogens is 238 g/mol. The first-order valence-corrected chi connectivity index (χ1v) is 6.20. The summed E-state index contributed by atoms with van der Waals surface area (Å²) in [5.74, 6) is 0.906. The van der Waals surface area contributed by atoms with Gasteiger partial charge in [0.1, 0.15) is 5.75 Å². The number of nitrogens with zero attached hydrogens (tertiary/aromatic N) is 2. The molecule has 0 aliphatic rings. The highest BCUT2D eigenvalue weighted by molar-refractivity contribution is 5.41. The van der Waals surface area contributed by atoms with Gasteiger partial charge < -0.3 is 10.5 Å². The maximum absolute atomic E-state index is 5.90. The second kappa shape index (κ2) is 6.20. The summed E-state index contributed by atoms with van der Waals surface area (Å²) in [6.07, 6.45) is 1.77. The van der Waals surface area contributed by atoms with Crippen molar-refractivity contribution >= 4 is 5.69 Å². The number of benzene rings is 1. The molecule has 1 heterocycles. The average molecular weight is 257 g/mol. The number of anilines is 1. The third-order valence-electron chi connectivity index (χ3n) is 2.98. The van der Waals surface area contributed by atoms with Crippen LogP contribution in [0.15, 0.2) is 42.6 Å². The Hall–Kier alpha value is -2.07. The number of methoxy groups -OCH3 is 1. The van der Waals surface area contributed by atoms with E-state index in [0.717, 1.165) is 29.2 Å². The smallest absolute Gasteiger partial charge is 0.123 e. The number of hydrogen-bond acceptors (Lipinski definition) is 4. The highest BCUT2D eigenvalue weighted by Crippen LogP contribution is 2.20. The maximum atomic E-state index is 5.90. The number of nitrogen functional groups attached to an aromatic ring is 1. The van der Waals surface area contributed by atoms with Crippen LogP contribution < -0.4 is 10.5 Å². The molecule has 2 N–H and O–H groups in total. The lowest BCUT2D eigenvalue weighted by Gasteiger charge is -2.18. The molecule has 1 aromatic heterocycles. The average Bonchev–Trinajstić information content (AvgIpc) is 2.42. The van der Waals surface area contributed by atoms with Crippen LogP contribution in [0.1, 0.15) is 11.3 Å². The lowest BCUT2D eigenvalue weighted by Crippen LogP contribution is -2.19. The van der Waals surface area contributed by atoms with Gasteiger partial charge in [0, 0.05) is 24.8 Å². The van der Waals surface area contributed by atoms with Crippen molar-refractivity contribution in [2.45, 2.75) is 13.1 Å². The standard InChI is InChI=1S/C15H19N3O/c1-18(11-14-13(16)7-5-9-17-14)10-12-6-3-4-8-15(12)19-2/h3-9H,10-11,16H2,1-2H3. The number of pyridine rings is 1. The van der Waals surface area contributed by atoms with Crippen molar-refractivity contribution in [2.24, 2.45) is 0 Å². The van der Waals surface area contributed by atoms with Gasteiger partial charge in [-0.15, -0.1) is 0 Å². The van der Waals surface area contributed by atoms with Crippen LogP contribution in [-0.2, 0) is 13.1 Å². The molecule has 2 rings (SSSR count). The van der Waals surface area contributed by atoms with Gasteiger partial charge in [-0.3, -0.25) is 9.88 Å². The Balaban J connectivity index is 2.05. The van der Waals surface area contributed by atoms with Gasteiger partial charge in [0.15, 0.2) is 0 Å². The summed E-state index contributed by atoms with van der Waals surface area (Å²) in [6.45, 7) is 1.50. The highest BCUT2D eigenvalue weighted by Gasteiger charge is 2.08. The van der Waals surface area contributed by atoms with E-state index in [1.165, 1.54) is 0 Å². The zero-order valence-corrected chi connectivity index (χ0v) is 11.3. The Kier molecular flexibility index (Phi) is 4.36. The predicted molar refractivity (Wildman–Crippen MR) is 76.8 cm³/mol. The summed E-state index contributed by atoms with van der Waals surface area (Å²) >= 11 is 0. The van der Waals surface area contributed by atoms with Crippen molar-refractivity contribution in [3.05, 3.63) is 53.9 Å². The topological polar surface area (TPSA) is 51.4 Å². The molecular formula is C15H19N3O. The van der Waals surface area contributed by atoms with Gasteiger partial charge in [-0.25, -0.2) is 0 Å². The fourth-order valence-corrected chi connectivity index (χ4v) is 2.02. The normalized spacial score (nSPS) is 10.7. The van der Waals surface area contributed by atoms with E-state index in [1.807, 2.05) is 37.4 Å². The highest BCUT2D eigenvalue weighted by atomic mass is 16.5. The van der Waals surface area contributed by atoms with Gasteiger partial charge in [0.2, 0.25) is 0 Å². The summed E-state index contributed by atoms with van der Waals surface area (Å²) in [5, 5.41) is 0. The Bertz CT molecular complexity index is 542. The molecule has 0 unspecified atom stereocenters. The van der Waals surface area contributed by atoms with E-state index in [0.29, 0.717) is 6.54 Å². The third kappa shape index (κ3) is 3.45. The van der Waals surface area contributed by atoms with Crippen molar-refractivity contribution < 1.29 is 4.74 Å². The quantitative estimate of drug-likeness (QED) is 0.893. The SMILES string of the molecule is COc1ccccc1CN(C)Cc1ncccc1N. The van der Waals surface area contributed by atoms with Gasteiger partial charge in [0.05, 0.1) is 18.5 Å². The minimum atomic E-state index is 0.713. The van der Waals surface area contributed by atoms with Crippen LogP contribution in [0.4, 0.5) is 5.69 Å². The Morgan fingerprint density at radius 2 is 1.95 bits per heavy atom. The number of nitrogens with two attached hydrogens (primary N) is 1. The van der Waals surface area contributed by atoms with Crippen LogP contribution >= 0.6 is 0 Å². The van der Waals surface area contributed by atoms with Gasteiger partial charge in [-0.1, -0.05) is 18.2 Å². The second-order valence-corrected chi connectivity index (χ2v) is 4.52. The summed E-state index contributed by atoms with van der Waals surface area (Å²) in [6, 6.07) is 11.7. The summed E-state index contributed by atoms with van der Waals surface area (Å²) in [7, 11) is 3.73. The Labute approximate surface area is 113 Å². The molecule has 0 amide bonds. The second-order valence-electron chi connectivity index (χ2n) is 4.52. The molecule has 1 aromatic carbocycles.